The van der Waals surface area contributed by atoms with Gasteiger partial charge in [0.2, 0.25) is 0 Å². The van der Waals surface area contributed by atoms with Crippen LogP contribution in [0.25, 0.3) is 0 Å². The lowest BCUT2D eigenvalue weighted by Gasteiger charge is -2.39. The molecule has 2 rings (SSSR count). The first-order valence-corrected chi connectivity index (χ1v) is 5.48. The van der Waals surface area contributed by atoms with Gasteiger partial charge < -0.3 is 9.47 Å². The van der Waals surface area contributed by atoms with Crippen LogP contribution in [0.2, 0.25) is 0 Å². The van der Waals surface area contributed by atoms with Crippen LogP contribution in [0.15, 0.2) is 0 Å². The van der Waals surface area contributed by atoms with Crippen molar-refractivity contribution in [2.75, 3.05) is 0 Å². The lowest BCUT2D eigenvalue weighted by molar-refractivity contribution is -0.279. The van der Waals surface area contributed by atoms with Crippen molar-refractivity contribution in [3.8, 4) is 0 Å². The topological polar surface area (TPSA) is 18.5 Å². The van der Waals surface area contributed by atoms with Crippen molar-refractivity contribution < 1.29 is 9.47 Å². The van der Waals surface area contributed by atoms with E-state index in [9.17, 15) is 0 Å². The first kappa shape index (κ1) is 9.47. The fourth-order valence-corrected chi connectivity index (χ4v) is 2.73. The van der Waals surface area contributed by atoms with Crippen LogP contribution in [0.3, 0.4) is 0 Å². The molecule has 2 aliphatic rings. The Morgan fingerprint density at radius 3 is 2.31 bits per heavy atom. The fraction of sp³-hybridized carbons (Fsp3) is 1.00. The molecule has 0 aromatic rings. The minimum atomic E-state index is -0.225. The van der Waals surface area contributed by atoms with Crippen molar-refractivity contribution in [2.24, 2.45) is 5.92 Å². The molecule has 2 nitrogen and oxygen atoms in total. The van der Waals surface area contributed by atoms with Gasteiger partial charge >= 0.3 is 0 Å². The van der Waals surface area contributed by atoms with Crippen molar-refractivity contribution >= 4 is 0 Å². The van der Waals surface area contributed by atoms with E-state index in [4.69, 9.17) is 9.47 Å². The first-order valence-electron chi connectivity index (χ1n) is 5.48. The van der Waals surface area contributed by atoms with Gasteiger partial charge in [0.05, 0.1) is 12.2 Å². The summed E-state index contributed by atoms with van der Waals surface area (Å²) in [5.74, 6) is 0.335. The second-order valence-corrected chi connectivity index (χ2v) is 4.70. The van der Waals surface area contributed by atoms with Crippen molar-refractivity contribution in [3.05, 3.63) is 0 Å². The molecule has 1 spiro atoms. The van der Waals surface area contributed by atoms with Crippen molar-refractivity contribution in [1.29, 1.82) is 0 Å². The van der Waals surface area contributed by atoms with E-state index in [0.717, 1.165) is 12.8 Å². The largest absolute Gasteiger partial charge is 0.347 e. The molecular formula is C11H20O2. The van der Waals surface area contributed by atoms with E-state index in [2.05, 4.69) is 20.8 Å². The average molecular weight is 184 g/mol. The highest BCUT2D eigenvalue weighted by molar-refractivity contribution is 4.88. The number of hydrogen-bond donors (Lipinski definition) is 0. The van der Waals surface area contributed by atoms with E-state index in [0.29, 0.717) is 18.1 Å². The number of hydrogen-bond acceptors (Lipinski definition) is 2. The predicted octanol–water partition coefficient (Wildman–Crippen LogP) is 2.72. The van der Waals surface area contributed by atoms with Crippen LogP contribution in [-0.4, -0.2) is 18.0 Å². The van der Waals surface area contributed by atoms with Crippen molar-refractivity contribution in [2.45, 2.75) is 64.4 Å². The monoisotopic (exact) mass is 184 g/mol. The highest BCUT2D eigenvalue weighted by atomic mass is 16.7. The van der Waals surface area contributed by atoms with Gasteiger partial charge in [0, 0.05) is 12.3 Å². The fourth-order valence-electron chi connectivity index (χ4n) is 2.73. The van der Waals surface area contributed by atoms with E-state index in [-0.39, 0.29) is 5.79 Å². The molecule has 76 valence electrons. The minimum absolute atomic E-state index is 0.225. The van der Waals surface area contributed by atoms with Crippen molar-refractivity contribution in [3.63, 3.8) is 0 Å². The van der Waals surface area contributed by atoms with Gasteiger partial charge in [0.15, 0.2) is 5.79 Å². The molecule has 2 heterocycles. The van der Waals surface area contributed by atoms with Crippen LogP contribution in [-0.2, 0) is 9.47 Å². The molecule has 0 aromatic heterocycles. The highest BCUT2D eigenvalue weighted by Crippen LogP contribution is 2.44. The second-order valence-electron chi connectivity index (χ2n) is 4.70. The molecule has 0 radical (unpaired) electrons. The van der Waals surface area contributed by atoms with Crippen LogP contribution in [0.1, 0.15) is 46.5 Å². The van der Waals surface area contributed by atoms with Crippen LogP contribution < -0.4 is 0 Å². The van der Waals surface area contributed by atoms with Gasteiger partial charge in [-0.2, -0.15) is 0 Å². The SMILES string of the molecule is C[C@@H]1CCC[C@]2(O1)O[C@H](C)C[C@H]2C. The molecule has 0 amide bonds. The van der Waals surface area contributed by atoms with Gasteiger partial charge in [-0.05, 0) is 33.1 Å². The van der Waals surface area contributed by atoms with Gasteiger partial charge in [-0.1, -0.05) is 6.92 Å². The Balaban J connectivity index is 2.10. The Morgan fingerprint density at radius 1 is 1.08 bits per heavy atom. The smallest absolute Gasteiger partial charge is 0.171 e. The van der Waals surface area contributed by atoms with Gasteiger partial charge in [0.25, 0.3) is 0 Å². The van der Waals surface area contributed by atoms with Gasteiger partial charge in [-0.3, -0.25) is 0 Å². The minimum Gasteiger partial charge on any atom is -0.347 e. The molecule has 2 fully saturated rings. The molecule has 0 saturated carbocycles. The summed E-state index contributed by atoms with van der Waals surface area (Å²) in [6.45, 7) is 6.55. The normalized spacial score (nSPS) is 51.5. The lowest BCUT2D eigenvalue weighted by atomic mass is 9.91. The van der Waals surface area contributed by atoms with Gasteiger partial charge in [0.1, 0.15) is 0 Å². The molecule has 0 aromatic carbocycles. The summed E-state index contributed by atoms with van der Waals surface area (Å²) in [5, 5.41) is 0. The van der Waals surface area contributed by atoms with Crippen LogP contribution in [0, 0.1) is 5.92 Å². The van der Waals surface area contributed by atoms with Crippen molar-refractivity contribution in [1.82, 2.24) is 0 Å². The molecule has 0 bridgehead atoms. The Labute approximate surface area is 80.6 Å². The number of rotatable bonds is 0. The molecule has 2 saturated heterocycles. The summed E-state index contributed by atoms with van der Waals surface area (Å²) in [5.41, 5.74) is 0. The van der Waals surface area contributed by atoms with E-state index in [1.165, 1.54) is 12.8 Å². The Kier molecular flexibility index (Phi) is 2.37. The quantitative estimate of drug-likeness (QED) is 0.576. The molecule has 4 atom stereocenters. The maximum absolute atomic E-state index is 6.00. The summed E-state index contributed by atoms with van der Waals surface area (Å²) in [7, 11) is 0. The zero-order valence-electron chi connectivity index (χ0n) is 8.88. The Bertz CT molecular complexity index is 193. The molecule has 0 N–H and O–H groups in total. The third-order valence-electron chi connectivity index (χ3n) is 3.37. The molecule has 2 heteroatoms. The molecule has 2 aliphatic heterocycles. The summed E-state index contributed by atoms with van der Waals surface area (Å²) in [6.07, 6.45) is 5.42. The molecular weight excluding hydrogens is 164 g/mol. The summed E-state index contributed by atoms with van der Waals surface area (Å²) >= 11 is 0. The van der Waals surface area contributed by atoms with Crippen LogP contribution >= 0.6 is 0 Å². The van der Waals surface area contributed by atoms with E-state index in [1.54, 1.807) is 0 Å². The zero-order valence-corrected chi connectivity index (χ0v) is 8.88. The predicted molar refractivity (Wildman–Crippen MR) is 51.5 cm³/mol. The van der Waals surface area contributed by atoms with E-state index < -0.39 is 0 Å². The highest BCUT2D eigenvalue weighted by Gasteiger charge is 2.48. The Morgan fingerprint density at radius 2 is 1.77 bits per heavy atom. The standard InChI is InChI=1S/C11H20O2/c1-8-7-10(3)13-11(8)6-4-5-9(2)12-11/h8-10H,4-7H2,1-3H3/t8-,9-,10-,11+/m1/s1. The summed E-state index contributed by atoms with van der Waals surface area (Å²) in [6, 6.07) is 0. The third kappa shape index (κ3) is 1.62. The second kappa shape index (κ2) is 3.25. The number of ether oxygens (including phenoxy) is 2. The summed E-state index contributed by atoms with van der Waals surface area (Å²) in [4.78, 5) is 0. The average Bonchev–Trinajstić information content (AvgIpc) is 2.26. The van der Waals surface area contributed by atoms with Crippen LogP contribution in [0.4, 0.5) is 0 Å². The third-order valence-corrected chi connectivity index (χ3v) is 3.37. The van der Waals surface area contributed by atoms with Gasteiger partial charge in [-0.25, -0.2) is 0 Å². The van der Waals surface area contributed by atoms with Gasteiger partial charge in [-0.15, -0.1) is 0 Å². The summed E-state index contributed by atoms with van der Waals surface area (Å²) < 4.78 is 11.9. The lowest BCUT2D eigenvalue weighted by Crippen LogP contribution is -2.43. The zero-order chi connectivity index (χ0) is 9.47. The maximum atomic E-state index is 6.00. The van der Waals surface area contributed by atoms with E-state index in [1.807, 2.05) is 0 Å². The van der Waals surface area contributed by atoms with E-state index >= 15 is 0 Å². The molecule has 0 unspecified atom stereocenters. The molecule has 13 heavy (non-hydrogen) atoms. The first-order chi connectivity index (χ1) is 6.12. The Hall–Kier alpha value is -0.0800. The molecule has 0 aliphatic carbocycles. The van der Waals surface area contributed by atoms with Crippen LogP contribution in [0.5, 0.6) is 0 Å². The maximum Gasteiger partial charge on any atom is 0.171 e.